The lowest BCUT2D eigenvalue weighted by Gasteiger charge is -2.22. The van der Waals surface area contributed by atoms with E-state index in [0.717, 1.165) is 47.9 Å². The molecular weight excluding hydrogens is 499 g/mol. The molecule has 2 saturated carbocycles. The Morgan fingerprint density at radius 1 is 1.16 bits per heavy atom. The number of hydrogen-bond acceptors (Lipinski definition) is 4. The number of carboxylic acids is 1. The monoisotopic (exact) mass is 525 g/mol. The van der Waals surface area contributed by atoms with Crippen LogP contribution in [0.25, 0.3) is 33.1 Å². The Labute approximate surface area is 215 Å². The number of nitrogens with zero attached hydrogens (tertiary/aromatic N) is 4. The van der Waals surface area contributed by atoms with E-state index >= 15 is 0 Å². The van der Waals surface area contributed by atoms with Crippen molar-refractivity contribution >= 4 is 39.5 Å². The maximum atomic E-state index is 13.5. The molecule has 1 spiro atoms. The molecule has 3 aliphatic rings. The summed E-state index contributed by atoms with van der Waals surface area (Å²) in [6, 6.07) is 6.62. The molecule has 2 fully saturated rings. The molecular formula is C27H26F3N5O3. The summed E-state index contributed by atoms with van der Waals surface area (Å²) in [6.07, 6.45) is 5.27. The minimum atomic E-state index is -5.08. The molecule has 0 atom stereocenters. The highest BCUT2D eigenvalue weighted by Gasteiger charge is 2.53. The van der Waals surface area contributed by atoms with E-state index in [1.165, 1.54) is 40.6 Å². The number of carboxylic acid groups (broad SMARTS) is 1. The number of aryl methyl sites for hydroxylation is 1. The topological polar surface area (TPSA) is 104 Å². The number of carbonyl (C=O) groups excluding carboxylic acids is 1. The van der Waals surface area contributed by atoms with E-state index in [1.54, 1.807) is 0 Å². The highest BCUT2D eigenvalue weighted by molar-refractivity contribution is 6.15. The highest BCUT2D eigenvalue weighted by Crippen LogP contribution is 2.56. The van der Waals surface area contributed by atoms with E-state index in [0.29, 0.717) is 5.92 Å². The minimum absolute atomic E-state index is 0.247. The standard InChI is InChI=1S/C25H25N5O.C2HF3O2/c1-29-18-13-26-23-20(21(18)25(24(29)31)9-3-4-10-25)19(22(28-23)14-5-6-14)15-7-8-17-16(11-15)12-27-30(17)2;3-2(4,5)1(6)7/h7-8,11-14H,3-6,9-10H2,1-2H3,(H,26,28);(H,6,7). The summed E-state index contributed by atoms with van der Waals surface area (Å²) in [5, 5.41) is 13.9. The summed E-state index contributed by atoms with van der Waals surface area (Å²) in [5.41, 5.74) is 7.60. The van der Waals surface area contributed by atoms with Crippen molar-refractivity contribution in [1.29, 1.82) is 0 Å². The number of likely N-dealkylation sites (N-methyl/N-ethyl adjacent to an activating group) is 1. The van der Waals surface area contributed by atoms with Crippen molar-refractivity contribution in [3.8, 4) is 11.1 Å². The van der Waals surface area contributed by atoms with Crippen LogP contribution in [0.4, 0.5) is 18.9 Å². The highest BCUT2D eigenvalue weighted by atomic mass is 19.4. The first-order valence-corrected chi connectivity index (χ1v) is 12.6. The minimum Gasteiger partial charge on any atom is -0.475 e. The van der Waals surface area contributed by atoms with Gasteiger partial charge in [0, 0.05) is 41.7 Å². The quantitative estimate of drug-likeness (QED) is 0.364. The molecule has 2 aliphatic carbocycles. The molecule has 0 bridgehead atoms. The summed E-state index contributed by atoms with van der Waals surface area (Å²) < 4.78 is 33.6. The number of fused-ring (bicyclic) bond motifs is 5. The van der Waals surface area contributed by atoms with Crippen molar-refractivity contribution in [2.45, 2.75) is 56.0 Å². The summed E-state index contributed by atoms with van der Waals surface area (Å²) in [6.45, 7) is 0. The number of carbonyl (C=O) groups is 2. The van der Waals surface area contributed by atoms with Gasteiger partial charge in [-0.1, -0.05) is 18.9 Å². The summed E-state index contributed by atoms with van der Waals surface area (Å²) in [5.74, 6) is -1.96. The van der Waals surface area contributed by atoms with Gasteiger partial charge in [0.2, 0.25) is 5.91 Å². The fourth-order valence-corrected chi connectivity index (χ4v) is 6.18. The third-order valence-corrected chi connectivity index (χ3v) is 8.11. The van der Waals surface area contributed by atoms with Crippen LogP contribution >= 0.6 is 0 Å². The lowest BCUT2D eigenvalue weighted by atomic mass is 9.78. The Balaban J connectivity index is 0.000000337. The van der Waals surface area contributed by atoms with Gasteiger partial charge in [-0.05, 0) is 49.3 Å². The third-order valence-electron chi connectivity index (χ3n) is 8.11. The molecule has 4 heterocycles. The largest absolute Gasteiger partial charge is 0.490 e. The van der Waals surface area contributed by atoms with Crippen molar-refractivity contribution in [1.82, 2.24) is 19.7 Å². The molecule has 38 heavy (non-hydrogen) atoms. The van der Waals surface area contributed by atoms with Crippen LogP contribution in [-0.2, 0) is 22.1 Å². The zero-order valence-electron chi connectivity index (χ0n) is 20.9. The van der Waals surface area contributed by atoms with Gasteiger partial charge in [-0.2, -0.15) is 18.3 Å². The van der Waals surface area contributed by atoms with E-state index < -0.39 is 12.1 Å². The Morgan fingerprint density at radius 2 is 1.84 bits per heavy atom. The number of benzene rings is 1. The molecule has 8 nitrogen and oxygen atoms in total. The first-order valence-electron chi connectivity index (χ1n) is 12.6. The van der Waals surface area contributed by atoms with Gasteiger partial charge >= 0.3 is 12.1 Å². The number of pyridine rings is 1. The SMILES string of the molecule is CN1C(=O)C2(CCCC2)c2c1cnc1[nH]c(C3CC3)c(-c3ccc4c(cnn4C)c3)c21.O=C(O)C(F)(F)F. The van der Waals surface area contributed by atoms with Gasteiger partial charge in [0.1, 0.15) is 5.65 Å². The molecule has 4 aromatic rings. The van der Waals surface area contributed by atoms with Crippen LogP contribution in [0.5, 0.6) is 0 Å². The van der Waals surface area contributed by atoms with Crippen LogP contribution in [0.1, 0.15) is 55.7 Å². The number of nitrogens with one attached hydrogen (secondary N) is 1. The number of H-pyrrole nitrogens is 1. The Bertz CT molecular complexity index is 1610. The van der Waals surface area contributed by atoms with E-state index in [9.17, 15) is 18.0 Å². The fraction of sp³-hybridized carbons (Fsp3) is 0.407. The van der Waals surface area contributed by atoms with Crippen molar-refractivity contribution in [3.05, 3.63) is 41.9 Å². The second-order valence-electron chi connectivity index (χ2n) is 10.4. The molecule has 2 N–H and O–H groups in total. The summed E-state index contributed by atoms with van der Waals surface area (Å²) >= 11 is 0. The average molecular weight is 526 g/mol. The van der Waals surface area contributed by atoms with Crippen LogP contribution in [0.3, 0.4) is 0 Å². The van der Waals surface area contributed by atoms with Crippen LogP contribution < -0.4 is 4.90 Å². The number of hydrogen-bond donors (Lipinski definition) is 2. The Morgan fingerprint density at radius 3 is 2.47 bits per heavy atom. The number of halogens is 3. The second-order valence-corrected chi connectivity index (χ2v) is 10.4. The first kappa shape index (κ1) is 24.4. The molecule has 11 heteroatoms. The van der Waals surface area contributed by atoms with Gasteiger partial charge in [-0.3, -0.25) is 9.48 Å². The van der Waals surface area contributed by atoms with E-state index in [4.69, 9.17) is 14.9 Å². The normalized spacial score (nSPS) is 18.3. The van der Waals surface area contributed by atoms with Gasteiger partial charge in [0.05, 0.1) is 29.0 Å². The third kappa shape index (κ3) is 3.58. The van der Waals surface area contributed by atoms with Crippen molar-refractivity contribution < 1.29 is 27.9 Å². The molecule has 7 rings (SSSR count). The maximum Gasteiger partial charge on any atom is 0.490 e. The zero-order chi connectivity index (χ0) is 27.0. The van der Waals surface area contributed by atoms with Crippen LogP contribution in [-0.4, -0.2) is 50.0 Å². The fourth-order valence-electron chi connectivity index (χ4n) is 6.18. The van der Waals surface area contributed by atoms with Crippen molar-refractivity contribution in [2.75, 3.05) is 11.9 Å². The van der Waals surface area contributed by atoms with E-state index in [2.05, 4.69) is 28.3 Å². The lowest BCUT2D eigenvalue weighted by molar-refractivity contribution is -0.192. The number of alkyl halides is 3. The van der Waals surface area contributed by atoms with Crippen LogP contribution in [0.2, 0.25) is 0 Å². The van der Waals surface area contributed by atoms with Gasteiger partial charge in [0.15, 0.2) is 0 Å². The summed E-state index contributed by atoms with van der Waals surface area (Å²) in [7, 11) is 3.89. The number of rotatable bonds is 2. The first-order chi connectivity index (χ1) is 18.0. The molecule has 1 aliphatic heterocycles. The maximum absolute atomic E-state index is 13.5. The summed E-state index contributed by atoms with van der Waals surface area (Å²) in [4.78, 5) is 32.7. The molecule has 0 unspecified atom stereocenters. The lowest BCUT2D eigenvalue weighted by Crippen LogP contribution is -2.36. The van der Waals surface area contributed by atoms with Crippen LogP contribution in [0, 0.1) is 0 Å². The van der Waals surface area contributed by atoms with Gasteiger partial charge in [-0.25, -0.2) is 9.78 Å². The number of anilines is 1. The zero-order valence-corrected chi connectivity index (χ0v) is 20.9. The Kier molecular flexibility index (Phi) is 5.34. The van der Waals surface area contributed by atoms with Gasteiger partial charge < -0.3 is 15.0 Å². The molecule has 3 aromatic heterocycles. The van der Waals surface area contributed by atoms with Crippen molar-refractivity contribution in [3.63, 3.8) is 0 Å². The molecule has 1 aromatic carbocycles. The molecule has 0 radical (unpaired) electrons. The average Bonchev–Trinajstić information content (AvgIpc) is 3.22. The number of aromatic nitrogens is 4. The number of aliphatic carboxylic acids is 1. The smallest absolute Gasteiger partial charge is 0.475 e. The van der Waals surface area contributed by atoms with Crippen molar-refractivity contribution in [2.24, 2.45) is 7.05 Å². The predicted molar refractivity (Wildman–Crippen MR) is 135 cm³/mol. The van der Waals surface area contributed by atoms with Gasteiger partial charge in [-0.15, -0.1) is 0 Å². The Hall–Kier alpha value is -3.89. The predicted octanol–water partition coefficient (Wildman–Crippen LogP) is 5.42. The number of aromatic amines is 1. The van der Waals surface area contributed by atoms with E-state index in [-0.39, 0.29) is 11.3 Å². The molecule has 198 valence electrons. The molecule has 1 amide bonds. The second kappa shape index (κ2) is 8.31. The van der Waals surface area contributed by atoms with E-state index in [1.807, 2.05) is 36.1 Å². The molecule has 0 saturated heterocycles. The van der Waals surface area contributed by atoms with Crippen LogP contribution in [0.15, 0.2) is 30.6 Å². The number of amides is 1. The van der Waals surface area contributed by atoms with Gasteiger partial charge in [0.25, 0.3) is 0 Å².